The lowest BCUT2D eigenvalue weighted by molar-refractivity contribution is -0.385. The van der Waals surface area contributed by atoms with Crippen LogP contribution in [0.3, 0.4) is 0 Å². The number of nitro groups is 1. The molecule has 0 spiro atoms. The van der Waals surface area contributed by atoms with E-state index in [9.17, 15) is 19.7 Å². The molecule has 0 heterocycles. The first-order valence-electron chi connectivity index (χ1n) is 7.39. The van der Waals surface area contributed by atoms with Crippen molar-refractivity contribution in [1.82, 2.24) is 10.2 Å². The number of methoxy groups -OCH3 is 1. The lowest BCUT2D eigenvalue weighted by Crippen LogP contribution is -2.31. The minimum absolute atomic E-state index is 0.124. The summed E-state index contributed by atoms with van der Waals surface area (Å²) in [5, 5.41) is 13.7. The van der Waals surface area contributed by atoms with Crippen LogP contribution in [0.15, 0.2) is 18.2 Å². The van der Waals surface area contributed by atoms with Gasteiger partial charge in [0.15, 0.2) is 5.75 Å². The van der Waals surface area contributed by atoms with Crippen molar-refractivity contribution in [3.63, 3.8) is 0 Å². The zero-order valence-corrected chi connectivity index (χ0v) is 13.9. The number of nitrogens with zero attached hydrogens (tertiary/aromatic N) is 2. The van der Waals surface area contributed by atoms with Gasteiger partial charge in [0, 0.05) is 31.8 Å². The topological polar surface area (TPSA) is 111 Å². The Bertz CT molecular complexity index is 605. The third-order valence-electron chi connectivity index (χ3n) is 3.16. The van der Waals surface area contributed by atoms with Gasteiger partial charge in [-0.15, -0.1) is 0 Å². The average molecular weight is 339 g/mol. The Morgan fingerprint density at radius 1 is 1.38 bits per heavy atom. The monoisotopic (exact) mass is 339 g/mol. The van der Waals surface area contributed by atoms with E-state index < -0.39 is 16.9 Å². The van der Waals surface area contributed by atoms with Crippen molar-refractivity contribution in [2.24, 2.45) is 0 Å². The van der Waals surface area contributed by atoms with E-state index in [0.29, 0.717) is 26.1 Å². The predicted molar refractivity (Wildman–Crippen MR) is 86.3 cm³/mol. The van der Waals surface area contributed by atoms with Gasteiger partial charge in [0.1, 0.15) is 0 Å². The molecular formula is C15H21N3O6. The summed E-state index contributed by atoms with van der Waals surface area (Å²) < 4.78 is 9.72. The lowest BCUT2D eigenvalue weighted by Gasteiger charge is -2.15. The first-order valence-corrected chi connectivity index (χ1v) is 7.39. The van der Waals surface area contributed by atoms with Crippen LogP contribution in [0.5, 0.6) is 5.75 Å². The van der Waals surface area contributed by atoms with E-state index in [1.54, 1.807) is 14.0 Å². The van der Waals surface area contributed by atoms with Crippen molar-refractivity contribution in [3.8, 4) is 5.75 Å². The molecule has 0 atom stereocenters. The molecule has 24 heavy (non-hydrogen) atoms. The standard InChI is InChI=1S/C15H21N3O6/c1-4-24-13-7-6-11(10-12(13)18(21)22)14(19)16-8-5-9-17(2)15(20)23-3/h6-7,10H,4-5,8-9H2,1-3H3,(H,16,19). The summed E-state index contributed by atoms with van der Waals surface area (Å²) in [4.78, 5) is 35.1. The van der Waals surface area contributed by atoms with Crippen molar-refractivity contribution in [1.29, 1.82) is 0 Å². The van der Waals surface area contributed by atoms with Crippen molar-refractivity contribution in [2.75, 3.05) is 33.9 Å². The van der Waals surface area contributed by atoms with Gasteiger partial charge >= 0.3 is 11.8 Å². The van der Waals surface area contributed by atoms with E-state index in [4.69, 9.17) is 4.74 Å². The second-order valence-electron chi connectivity index (χ2n) is 4.87. The molecule has 2 amide bonds. The number of carbonyl (C=O) groups excluding carboxylic acids is 2. The van der Waals surface area contributed by atoms with Gasteiger partial charge in [-0.2, -0.15) is 0 Å². The van der Waals surface area contributed by atoms with Gasteiger partial charge in [0.25, 0.3) is 5.91 Å². The van der Waals surface area contributed by atoms with Crippen LogP contribution in [0.2, 0.25) is 0 Å². The van der Waals surface area contributed by atoms with Crippen molar-refractivity contribution in [2.45, 2.75) is 13.3 Å². The maximum atomic E-state index is 12.0. The summed E-state index contributed by atoms with van der Waals surface area (Å²) in [7, 11) is 2.88. The Morgan fingerprint density at radius 3 is 2.67 bits per heavy atom. The number of hydrogen-bond acceptors (Lipinski definition) is 6. The van der Waals surface area contributed by atoms with Gasteiger partial charge in [-0.3, -0.25) is 14.9 Å². The minimum Gasteiger partial charge on any atom is -0.487 e. The molecule has 0 fully saturated rings. The highest BCUT2D eigenvalue weighted by Gasteiger charge is 2.18. The fraction of sp³-hybridized carbons (Fsp3) is 0.467. The molecule has 0 radical (unpaired) electrons. The summed E-state index contributed by atoms with van der Waals surface area (Å²) in [6.45, 7) is 2.74. The first kappa shape index (κ1) is 19.2. The molecule has 0 aliphatic heterocycles. The van der Waals surface area contributed by atoms with Gasteiger partial charge < -0.3 is 19.7 Å². The summed E-state index contributed by atoms with van der Waals surface area (Å²) in [5.41, 5.74) is -0.0820. The second-order valence-corrected chi connectivity index (χ2v) is 4.87. The SMILES string of the molecule is CCOc1ccc(C(=O)NCCCN(C)C(=O)OC)cc1[N+](=O)[O-]. The van der Waals surface area contributed by atoms with E-state index in [-0.39, 0.29) is 17.0 Å². The Kier molecular flexibility index (Phi) is 7.47. The molecule has 9 heteroatoms. The van der Waals surface area contributed by atoms with Gasteiger partial charge in [-0.25, -0.2) is 4.79 Å². The maximum Gasteiger partial charge on any atom is 0.409 e. The summed E-state index contributed by atoms with van der Waals surface area (Å²) in [6.07, 6.45) is 0.0691. The Hall–Kier alpha value is -2.84. The van der Waals surface area contributed by atoms with Gasteiger partial charge in [0.2, 0.25) is 0 Å². The van der Waals surface area contributed by atoms with Crippen LogP contribution in [-0.2, 0) is 4.74 Å². The molecule has 0 saturated carbocycles. The van der Waals surface area contributed by atoms with E-state index in [1.165, 1.54) is 30.2 Å². The number of amides is 2. The maximum absolute atomic E-state index is 12.0. The normalized spacial score (nSPS) is 9.96. The van der Waals surface area contributed by atoms with Crippen molar-refractivity contribution in [3.05, 3.63) is 33.9 Å². The number of ether oxygens (including phenoxy) is 2. The Morgan fingerprint density at radius 2 is 2.08 bits per heavy atom. The highest BCUT2D eigenvalue weighted by molar-refractivity contribution is 5.95. The summed E-state index contributed by atoms with van der Waals surface area (Å²) >= 11 is 0. The van der Waals surface area contributed by atoms with Crippen LogP contribution < -0.4 is 10.1 Å². The quantitative estimate of drug-likeness (QED) is 0.439. The predicted octanol–water partition coefficient (Wildman–Crippen LogP) is 1.81. The molecule has 0 saturated heterocycles. The molecular weight excluding hydrogens is 318 g/mol. The molecule has 1 N–H and O–H groups in total. The van der Waals surface area contributed by atoms with Crippen LogP contribution in [0, 0.1) is 10.1 Å². The number of carbonyl (C=O) groups is 2. The average Bonchev–Trinajstić information content (AvgIpc) is 2.57. The Labute approximate surface area is 139 Å². The fourth-order valence-electron chi connectivity index (χ4n) is 1.95. The molecule has 1 aromatic rings. The number of benzene rings is 1. The lowest BCUT2D eigenvalue weighted by atomic mass is 10.1. The molecule has 9 nitrogen and oxygen atoms in total. The first-order chi connectivity index (χ1) is 11.4. The van der Waals surface area contributed by atoms with E-state index in [1.807, 2.05) is 0 Å². The number of nitrogens with one attached hydrogen (secondary N) is 1. The van der Waals surface area contributed by atoms with Crippen LogP contribution >= 0.6 is 0 Å². The third-order valence-corrected chi connectivity index (χ3v) is 3.16. The summed E-state index contributed by atoms with van der Waals surface area (Å²) in [5.74, 6) is -0.305. The van der Waals surface area contributed by atoms with Gasteiger partial charge in [-0.05, 0) is 25.5 Å². The van der Waals surface area contributed by atoms with Crippen molar-refractivity contribution >= 4 is 17.7 Å². The number of rotatable bonds is 8. The van der Waals surface area contributed by atoms with Crippen LogP contribution in [0.25, 0.3) is 0 Å². The van der Waals surface area contributed by atoms with Gasteiger partial charge in [-0.1, -0.05) is 0 Å². The van der Waals surface area contributed by atoms with Crippen molar-refractivity contribution < 1.29 is 24.0 Å². The molecule has 0 aliphatic rings. The Balaban J connectivity index is 2.60. The minimum atomic E-state index is -0.590. The van der Waals surface area contributed by atoms with Crippen LogP contribution in [0.1, 0.15) is 23.7 Å². The summed E-state index contributed by atoms with van der Waals surface area (Å²) in [6, 6.07) is 4.05. The third kappa shape index (κ3) is 5.41. The fourth-order valence-corrected chi connectivity index (χ4v) is 1.95. The zero-order valence-electron chi connectivity index (χ0n) is 13.9. The van der Waals surface area contributed by atoms with E-state index in [0.717, 1.165) is 0 Å². The molecule has 0 unspecified atom stereocenters. The largest absolute Gasteiger partial charge is 0.487 e. The number of nitro benzene ring substituents is 1. The van der Waals surface area contributed by atoms with Crippen LogP contribution in [0.4, 0.5) is 10.5 Å². The highest BCUT2D eigenvalue weighted by Crippen LogP contribution is 2.27. The van der Waals surface area contributed by atoms with E-state index in [2.05, 4.69) is 10.1 Å². The molecule has 0 aliphatic carbocycles. The molecule has 1 rings (SSSR count). The molecule has 0 aromatic heterocycles. The van der Waals surface area contributed by atoms with E-state index >= 15 is 0 Å². The van der Waals surface area contributed by atoms with Gasteiger partial charge in [0.05, 0.1) is 18.6 Å². The molecule has 0 bridgehead atoms. The molecule has 1 aromatic carbocycles. The smallest absolute Gasteiger partial charge is 0.409 e. The highest BCUT2D eigenvalue weighted by atomic mass is 16.6. The second kappa shape index (κ2) is 9.33. The number of hydrogen-bond donors (Lipinski definition) is 1. The molecule has 132 valence electrons. The zero-order chi connectivity index (χ0) is 18.1. The van der Waals surface area contributed by atoms with Crippen LogP contribution in [-0.4, -0.2) is 55.7 Å².